The van der Waals surface area contributed by atoms with Crippen LogP contribution in [0.2, 0.25) is 0 Å². The Balaban J connectivity index is 3.14. The Morgan fingerprint density at radius 2 is 2.00 bits per heavy atom. The van der Waals surface area contributed by atoms with Gasteiger partial charge in [0.15, 0.2) is 0 Å². The van der Waals surface area contributed by atoms with E-state index in [9.17, 15) is 17.2 Å². The molecule has 19 heavy (non-hydrogen) atoms. The van der Waals surface area contributed by atoms with Gasteiger partial charge in [0.2, 0.25) is 10.0 Å². The van der Waals surface area contributed by atoms with E-state index in [1.54, 1.807) is 0 Å². The van der Waals surface area contributed by atoms with Crippen molar-refractivity contribution in [3.63, 3.8) is 0 Å². The topological polar surface area (TPSA) is 46.6 Å². The summed E-state index contributed by atoms with van der Waals surface area (Å²) in [4.78, 5) is -0.700. The Hall–Kier alpha value is -0.760. The van der Waals surface area contributed by atoms with Gasteiger partial charge in [0.1, 0.15) is 16.5 Å². The molecule has 0 radical (unpaired) electrons. The molecule has 0 aliphatic rings. The van der Waals surface area contributed by atoms with Crippen LogP contribution in [0.5, 0.6) is 0 Å². The third kappa shape index (κ3) is 4.10. The van der Waals surface area contributed by atoms with Gasteiger partial charge >= 0.3 is 0 Å². The smallest absolute Gasteiger partial charge is 0.246 e. The van der Waals surface area contributed by atoms with Gasteiger partial charge in [0.25, 0.3) is 0 Å². The van der Waals surface area contributed by atoms with Gasteiger partial charge in [-0.1, -0.05) is 0 Å². The monoisotopic (exact) mass is 313 g/mol. The van der Waals surface area contributed by atoms with E-state index in [0.29, 0.717) is 6.07 Å². The minimum absolute atomic E-state index is 0.0107. The molecule has 8 heteroatoms. The minimum atomic E-state index is -4.13. The van der Waals surface area contributed by atoms with Gasteiger partial charge in [-0.2, -0.15) is 4.31 Å². The minimum Gasteiger partial charge on any atom is -0.383 e. The van der Waals surface area contributed by atoms with Gasteiger partial charge in [-0.25, -0.2) is 17.2 Å². The summed E-state index contributed by atoms with van der Waals surface area (Å²) in [5.74, 6) is -1.78. The lowest BCUT2D eigenvalue weighted by Crippen LogP contribution is -2.36. The number of ether oxygens (including phenoxy) is 1. The van der Waals surface area contributed by atoms with Crippen molar-refractivity contribution in [2.75, 3.05) is 32.7 Å². The van der Waals surface area contributed by atoms with Crippen molar-refractivity contribution in [3.8, 4) is 0 Å². The molecule has 108 valence electrons. The highest BCUT2D eigenvalue weighted by molar-refractivity contribution is 7.89. The van der Waals surface area contributed by atoms with Gasteiger partial charge in [-0.3, -0.25) is 0 Å². The van der Waals surface area contributed by atoms with Crippen LogP contribution in [-0.4, -0.2) is 45.4 Å². The summed E-state index contributed by atoms with van der Waals surface area (Å²) in [6.45, 7) is 0.137. The number of alkyl halides is 1. The highest BCUT2D eigenvalue weighted by atomic mass is 35.5. The van der Waals surface area contributed by atoms with Crippen molar-refractivity contribution in [2.45, 2.75) is 4.90 Å². The van der Waals surface area contributed by atoms with E-state index in [1.165, 1.54) is 7.11 Å². The van der Waals surface area contributed by atoms with Crippen LogP contribution in [0.3, 0.4) is 0 Å². The fraction of sp³-hybridized carbons (Fsp3) is 0.455. The number of methoxy groups -OCH3 is 1. The molecule has 0 aliphatic carbocycles. The largest absolute Gasteiger partial charge is 0.383 e. The molecule has 0 aliphatic heterocycles. The fourth-order valence-electron chi connectivity index (χ4n) is 1.45. The second-order valence-corrected chi connectivity index (χ2v) is 5.94. The average molecular weight is 314 g/mol. The van der Waals surface area contributed by atoms with Crippen LogP contribution in [-0.2, 0) is 14.8 Å². The van der Waals surface area contributed by atoms with Crippen molar-refractivity contribution in [1.82, 2.24) is 4.31 Å². The number of rotatable bonds is 7. The van der Waals surface area contributed by atoms with Crippen LogP contribution < -0.4 is 0 Å². The van der Waals surface area contributed by atoms with Crippen molar-refractivity contribution >= 4 is 21.6 Å². The lowest BCUT2D eigenvalue weighted by atomic mass is 10.3. The first-order chi connectivity index (χ1) is 8.93. The van der Waals surface area contributed by atoms with Crippen LogP contribution >= 0.6 is 11.6 Å². The quantitative estimate of drug-likeness (QED) is 0.722. The zero-order valence-corrected chi connectivity index (χ0v) is 11.8. The van der Waals surface area contributed by atoms with E-state index in [2.05, 4.69) is 0 Å². The maximum atomic E-state index is 13.6. The molecule has 0 saturated heterocycles. The molecule has 0 bridgehead atoms. The maximum absolute atomic E-state index is 13.6. The summed E-state index contributed by atoms with van der Waals surface area (Å²) in [5.41, 5.74) is 0. The maximum Gasteiger partial charge on any atom is 0.246 e. The molecule has 1 rings (SSSR count). The average Bonchev–Trinajstić information content (AvgIpc) is 2.37. The molecule has 0 aromatic heterocycles. The zero-order valence-electron chi connectivity index (χ0n) is 10.3. The summed E-state index contributed by atoms with van der Waals surface area (Å²) in [7, 11) is -2.72. The molecule has 0 N–H and O–H groups in total. The summed E-state index contributed by atoms with van der Waals surface area (Å²) >= 11 is 5.53. The van der Waals surface area contributed by atoms with Crippen molar-refractivity contribution < 1.29 is 21.9 Å². The molecule has 1 aromatic rings. The molecule has 1 aromatic carbocycles. The lowest BCUT2D eigenvalue weighted by Gasteiger charge is -2.21. The summed E-state index contributed by atoms with van der Waals surface area (Å²) in [6.07, 6.45) is 0. The Morgan fingerprint density at radius 3 is 2.58 bits per heavy atom. The predicted molar refractivity (Wildman–Crippen MR) is 67.7 cm³/mol. The number of sulfonamides is 1. The van der Waals surface area contributed by atoms with Crippen molar-refractivity contribution in [1.29, 1.82) is 0 Å². The van der Waals surface area contributed by atoms with Gasteiger partial charge in [-0.05, 0) is 18.2 Å². The Morgan fingerprint density at radius 1 is 1.32 bits per heavy atom. The lowest BCUT2D eigenvalue weighted by molar-refractivity contribution is 0.180. The van der Waals surface area contributed by atoms with Crippen LogP contribution in [0, 0.1) is 11.6 Å². The molecule has 0 unspecified atom stereocenters. The van der Waals surface area contributed by atoms with Gasteiger partial charge in [-0.15, -0.1) is 11.6 Å². The summed E-state index contributed by atoms with van der Waals surface area (Å²) in [6, 6.07) is 2.28. The molecule has 0 amide bonds. The van der Waals surface area contributed by atoms with Crippen LogP contribution in [0.15, 0.2) is 23.1 Å². The first kappa shape index (κ1) is 16.3. The number of hydrogen-bond donors (Lipinski definition) is 0. The molecule has 0 saturated carbocycles. The van der Waals surface area contributed by atoms with Crippen LogP contribution in [0.4, 0.5) is 8.78 Å². The van der Waals surface area contributed by atoms with E-state index >= 15 is 0 Å². The van der Waals surface area contributed by atoms with E-state index in [4.69, 9.17) is 16.3 Å². The number of benzene rings is 1. The molecule has 4 nitrogen and oxygen atoms in total. The predicted octanol–water partition coefficient (Wildman–Crippen LogP) is 1.84. The van der Waals surface area contributed by atoms with Crippen LogP contribution in [0.1, 0.15) is 0 Å². The molecular formula is C11H14ClF2NO3S. The van der Waals surface area contributed by atoms with Gasteiger partial charge in [0, 0.05) is 26.1 Å². The van der Waals surface area contributed by atoms with Gasteiger partial charge in [0.05, 0.1) is 6.61 Å². The molecule has 0 heterocycles. The van der Waals surface area contributed by atoms with Crippen molar-refractivity contribution in [3.05, 3.63) is 29.8 Å². The first-order valence-corrected chi connectivity index (χ1v) is 7.41. The van der Waals surface area contributed by atoms with Crippen molar-refractivity contribution in [2.24, 2.45) is 0 Å². The highest BCUT2D eigenvalue weighted by Gasteiger charge is 2.27. The van der Waals surface area contributed by atoms with E-state index in [1.807, 2.05) is 0 Å². The van der Waals surface area contributed by atoms with E-state index in [-0.39, 0.29) is 25.6 Å². The molecular weight excluding hydrogens is 300 g/mol. The number of hydrogen-bond acceptors (Lipinski definition) is 3. The van der Waals surface area contributed by atoms with E-state index < -0.39 is 26.6 Å². The Bertz CT molecular complexity index is 525. The Kier molecular flexibility index (Phi) is 6.12. The standard InChI is InChI=1S/C11H14ClF2NO3S/c1-18-7-6-15(5-4-12)19(16,17)11-8-9(13)2-3-10(11)14/h2-3,8H,4-7H2,1H3. The normalized spacial score (nSPS) is 12.1. The molecule has 0 fully saturated rings. The molecule has 0 atom stereocenters. The Labute approximate surface area is 116 Å². The summed E-state index contributed by atoms with van der Waals surface area (Å²) in [5, 5.41) is 0. The zero-order chi connectivity index (χ0) is 14.5. The van der Waals surface area contributed by atoms with Gasteiger partial charge < -0.3 is 4.74 Å². The second-order valence-electron chi connectivity index (χ2n) is 3.66. The third-order valence-electron chi connectivity index (χ3n) is 2.39. The summed E-state index contributed by atoms with van der Waals surface area (Å²) < 4.78 is 56.8. The molecule has 0 spiro atoms. The fourth-order valence-corrected chi connectivity index (χ4v) is 3.26. The number of nitrogens with zero attached hydrogens (tertiary/aromatic N) is 1. The highest BCUT2D eigenvalue weighted by Crippen LogP contribution is 2.20. The number of halogens is 3. The van der Waals surface area contributed by atoms with Crippen LogP contribution in [0.25, 0.3) is 0 Å². The third-order valence-corrected chi connectivity index (χ3v) is 4.47. The second kappa shape index (κ2) is 7.14. The first-order valence-electron chi connectivity index (χ1n) is 5.43. The SMILES string of the molecule is COCCN(CCCl)S(=O)(=O)c1cc(F)ccc1F. The van der Waals surface area contributed by atoms with E-state index in [0.717, 1.165) is 16.4 Å².